The number of aromatic hydroxyl groups is 1. The van der Waals surface area contributed by atoms with Gasteiger partial charge in [-0.1, -0.05) is 30.3 Å². The number of benzene rings is 2. The van der Waals surface area contributed by atoms with E-state index in [1.54, 1.807) is 31.2 Å². The van der Waals surface area contributed by atoms with E-state index in [1.165, 1.54) is 0 Å². The number of fused-ring (bicyclic) bond motifs is 2. The van der Waals surface area contributed by atoms with Gasteiger partial charge < -0.3 is 19.6 Å². The van der Waals surface area contributed by atoms with E-state index in [4.69, 9.17) is 9.47 Å². The maximum Gasteiger partial charge on any atom is 0.306 e. The normalized spacial score (nSPS) is 13.9. The van der Waals surface area contributed by atoms with Crippen LogP contribution in [0.2, 0.25) is 0 Å². The zero-order valence-electron chi connectivity index (χ0n) is 16.0. The average molecular weight is 391 g/mol. The van der Waals surface area contributed by atoms with E-state index >= 15 is 0 Å². The minimum atomic E-state index is -0.671. The first-order valence-corrected chi connectivity index (χ1v) is 9.50. The van der Waals surface area contributed by atoms with E-state index in [9.17, 15) is 14.7 Å². The van der Waals surface area contributed by atoms with Crippen molar-refractivity contribution in [2.45, 2.75) is 19.3 Å². The molecule has 6 nitrogen and oxygen atoms in total. The molecule has 148 valence electrons. The molecule has 0 aliphatic carbocycles. The fraction of sp³-hybridized carbons (Fsp3) is 0.217. The molecule has 4 rings (SSSR count). The molecular formula is C23H21NO5. The largest absolute Gasteiger partial charge is 0.507 e. The summed E-state index contributed by atoms with van der Waals surface area (Å²) >= 11 is 0. The Hall–Kier alpha value is -3.54. The zero-order chi connectivity index (χ0) is 20.4. The van der Waals surface area contributed by atoms with Gasteiger partial charge in [-0.15, -0.1) is 0 Å². The van der Waals surface area contributed by atoms with Crippen molar-refractivity contribution < 1.29 is 19.4 Å². The van der Waals surface area contributed by atoms with Crippen molar-refractivity contribution in [3.05, 3.63) is 75.6 Å². The molecular weight excluding hydrogens is 370 g/mol. The van der Waals surface area contributed by atoms with Crippen LogP contribution in [0.5, 0.6) is 11.5 Å². The van der Waals surface area contributed by atoms with Crippen LogP contribution in [0.1, 0.15) is 30.4 Å². The fourth-order valence-corrected chi connectivity index (χ4v) is 3.70. The molecule has 1 aliphatic heterocycles. The first-order chi connectivity index (χ1) is 14.1. The Morgan fingerprint density at radius 3 is 2.79 bits per heavy atom. The van der Waals surface area contributed by atoms with Crippen molar-refractivity contribution in [2.75, 3.05) is 13.2 Å². The van der Waals surface area contributed by atoms with Crippen molar-refractivity contribution in [2.24, 2.45) is 0 Å². The number of pyridine rings is 1. The fourth-order valence-electron chi connectivity index (χ4n) is 3.70. The van der Waals surface area contributed by atoms with Crippen LogP contribution in [0.3, 0.4) is 0 Å². The van der Waals surface area contributed by atoms with Gasteiger partial charge in [-0.25, -0.2) is 0 Å². The third-order valence-corrected chi connectivity index (χ3v) is 5.06. The Bertz CT molecular complexity index is 1160. The average Bonchev–Trinajstić information content (AvgIpc) is 2.73. The van der Waals surface area contributed by atoms with Crippen LogP contribution in [-0.2, 0) is 9.53 Å². The number of carbonyl (C=O) groups excluding carboxylic acids is 1. The van der Waals surface area contributed by atoms with Gasteiger partial charge in [0.05, 0.1) is 24.1 Å². The molecule has 2 heterocycles. The van der Waals surface area contributed by atoms with Gasteiger partial charge >= 0.3 is 5.97 Å². The molecule has 0 amide bonds. The van der Waals surface area contributed by atoms with Crippen molar-refractivity contribution >= 4 is 22.9 Å². The number of aromatic nitrogens is 1. The van der Waals surface area contributed by atoms with Gasteiger partial charge in [0.25, 0.3) is 5.56 Å². The maximum atomic E-state index is 12.9. The lowest BCUT2D eigenvalue weighted by molar-refractivity contribution is -0.143. The number of ether oxygens (including phenoxy) is 2. The van der Waals surface area contributed by atoms with Gasteiger partial charge in [-0.3, -0.25) is 9.59 Å². The van der Waals surface area contributed by atoms with E-state index in [1.807, 2.05) is 30.3 Å². The Morgan fingerprint density at radius 2 is 1.97 bits per heavy atom. The summed E-state index contributed by atoms with van der Waals surface area (Å²) in [4.78, 5) is 28.0. The van der Waals surface area contributed by atoms with E-state index < -0.39 is 17.4 Å². The lowest BCUT2D eigenvalue weighted by Crippen LogP contribution is -2.24. The van der Waals surface area contributed by atoms with Crippen LogP contribution in [-0.4, -0.2) is 29.3 Å². The van der Waals surface area contributed by atoms with Gasteiger partial charge in [0.15, 0.2) is 0 Å². The van der Waals surface area contributed by atoms with Crippen LogP contribution >= 0.6 is 0 Å². The number of hydrogen-bond acceptors (Lipinski definition) is 5. The predicted molar refractivity (Wildman–Crippen MR) is 110 cm³/mol. The first kappa shape index (κ1) is 18.8. The molecule has 0 radical (unpaired) electrons. The Labute approximate surface area is 167 Å². The molecule has 0 spiro atoms. The number of aromatic amines is 1. The molecule has 1 aromatic heterocycles. The molecule has 1 aliphatic rings. The maximum absolute atomic E-state index is 12.9. The van der Waals surface area contributed by atoms with Crippen LogP contribution in [0.4, 0.5) is 0 Å². The van der Waals surface area contributed by atoms with Crippen LogP contribution in [0, 0.1) is 0 Å². The smallest absolute Gasteiger partial charge is 0.306 e. The highest BCUT2D eigenvalue weighted by Gasteiger charge is 2.29. The number of H-pyrrole nitrogens is 1. The second kappa shape index (κ2) is 7.83. The summed E-state index contributed by atoms with van der Waals surface area (Å²) in [5.41, 5.74) is 1.83. The lowest BCUT2D eigenvalue weighted by atomic mass is 9.86. The lowest BCUT2D eigenvalue weighted by Gasteiger charge is -2.25. The predicted octanol–water partition coefficient (Wildman–Crippen LogP) is 3.75. The summed E-state index contributed by atoms with van der Waals surface area (Å²) in [5.74, 6) is -0.499. The summed E-state index contributed by atoms with van der Waals surface area (Å²) in [6, 6.07) is 14.6. The van der Waals surface area contributed by atoms with E-state index in [-0.39, 0.29) is 30.9 Å². The molecule has 2 N–H and O–H groups in total. The molecule has 0 saturated heterocycles. The molecule has 0 saturated carbocycles. The number of rotatable bonds is 5. The highest BCUT2D eigenvalue weighted by atomic mass is 16.5. The van der Waals surface area contributed by atoms with E-state index in [0.29, 0.717) is 10.9 Å². The summed E-state index contributed by atoms with van der Waals surface area (Å²) in [5, 5.41) is 11.5. The number of para-hydroxylation sites is 2. The molecule has 1 atom stereocenters. The molecule has 0 bridgehead atoms. The van der Waals surface area contributed by atoms with Crippen molar-refractivity contribution in [3.63, 3.8) is 0 Å². The molecule has 3 aromatic rings. The first-order valence-electron chi connectivity index (χ1n) is 9.50. The van der Waals surface area contributed by atoms with Crippen LogP contribution in [0.25, 0.3) is 17.0 Å². The van der Waals surface area contributed by atoms with Crippen LogP contribution < -0.4 is 10.3 Å². The monoisotopic (exact) mass is 391 g/mol. The van der Waals surface area contributed by atoms with Crippen LogP contribution in [0.15, 0.2) is 58.9 Å². The number of carbonyl (C=O) groups is 1. The van der Waals surface area contributed by atoms with Gasteiger partial charge in [-0.2, -0.15) is 0 Å². The summed E-state index contributed by atoms with van der Waals surface area (Å²) in [6.45, 7) is 2.18. The summed E-state index contributed by atoms with van der Waals surface area (Å²) in [6.07, 6.45) is 1.84. The molecule has 2 aromatic carbocycles. The highest BCUT2D eigenvalue weighted by Crippen LogP contribution is 2.39. The van der Waals surface area contributed by atoms with Gasteiger partial charge in [-0.05, 0) is 36.8 Å². The topological polar surface area (TPSA) is 88.6 Å². The Morgan fingerprint density at radius 1 is 1.21 bits per heavy atom. The van der Waals surface area contributed by atoms with E-state index in [2.05, 4.69) is 4.98 Å². The van der Waals surface area contributed by atoms with Crippen molar-refractivity contribution in [1.82, 2.24) is 4.98 Å². The van der Waals surface area contributed by atoms with Crippen molar-refractivity contribution in [3.8, 4) is 11.5 Å². The third kappa shape index (κ3) is 3.61. The second-order valence-corrected chi connectivity index (χ2v) is 6.87. The molecule has 29 heavy (non-hydrogen) atoms. The van der Waals surface area contributed by atoms with Gasteiger partial charge in [0.1, 0.15) is 18.1 Å². The second-order valence-electron chi connectivity index (χ2n) is 6.87. The quantitative estimate of drug-likeness (QED) is 0.647. The minimum Gasteiger partial charge on any atom is -0.507 e. The third-order valence-electron chi connectivity index (χ3n) is 5.06. The SMILES string of the molecule is CCOC(=O)CC(C1=Cc2ccccc2OC1)c1c(O)c2ccccc2[nH]c1=O. The Balaban J connectivity index is 1.86. The molecule has 6 heteroatoms. The van der Waals surface area contributed by atoms with Crippen molar-refractivity contribution in [1.29, 1.82) is 0 Å². The summed E-state index contributed by atoms with van der Waals surface area (Å²) in [7, 11) is 0. The number of nitrogens with one attached hydrogen (secondary N) is 1. The molecule has 0 fully saturated rings. The van der Waals surface area contributed by atoms with Gasteiger partial charge in [0.2, 0.25) is 0 Å². The zero-order valence-corrected chi connectivity index (χ0v) is 16.0. The summed E-state index contributed by atoms with van der Waals surface area (Å²) < 4.78 is 11.0. The minimum absolute atomic E-state index is 0.0693. The Kier molecular flexibility index (Phi) is 5.08. The number of esters is 1. The standard InChI is InChI=1S/C23H21NO5/c1-2-28-20(25)12-17(15-11-14-7-3-6-10-19(14)29-13-15)21-22(26)16-8-4-5-9-18(16)24-23(21)27/h3-11,17H,2,12-13H2,1H3,(H2,24,26,27). The highest BCUT2D eigenvalue weighted by molar-refractivity contribution is 5.86. The van der Waals surface area contributed by atoms with Gasteiger partial charge in [0, 0.05) is 16.9 Å². The number of hydrogen-bond donors (Lipinski definition) is 2. The van der Waals surface area contributed by atoms with E-state index in [0.717, 1.165) is 16.9 Å². The molecule has 1 unspecified atom stereocenters.